The van der Waals surface area contributed by atoms with Crippen LogP contribution in [-0.2, 0) is 10.3 Å². The van der Waals surface area contributed by atoms with Gasteiger partial charge in [0, 0.05) is 13.1 Å². The van der Waals surface area contributed by atoms with Gasteiger partial charge in [-0.1, -0.05) is 44.2 Å². The first-order chi connectivity index (χ1) is 8.86. The van der Waals surface area contributed by atoms with Crippen molar-refractivity contribution in [2.75, 3.05) is 20.1 Å². The molecule has 0 saturated heterocycles. The molecule has 4 heteroatoms. The van der Waals surface area contributed by atoms with Gasteiger partial charge in [0.1, 0.15) is 5.54 Å². The molecular formula is C15H25N3O. The lowest BCUT2D eigenvalue weighted by Gasteiger charge is -2.29. The molecule has 0 radical (unpaired) electrons. The minimum absolute atomic E-state index is 0.475. The van der Waals surface area contributed by atoms with E-state index in [1.165, 1.54) is 0 Å². The first-order valence-corrected chi connectivity index (χ1v) is 6.69. The number of hydrogen-bond acceptors (Lipinski definition) is 3. The van der Waals surface area contributed by atoms with Crippen molar-refractivity contribution in [3.05, 3.63) is 35.9 Å². The van der Waals surface area contributed by atoms with Crippen LogP contribution in [0.2, 0.25) is 0 Å². The lowest BCUT2D eigenvalue weighted by molar-refractivity contribution is -0.123. The number of nitrogens with zero attached hydrogens (tertiary/aromatic N) is 1. The fourth-order valence-electron chi connectivity index (χ4n) is 2.23. The highest BCUT2D eigenvalue weighted by molar-refractivity contribution is 5.85. The van der Waals surface area contributed by atoms with Crippen LogP contribution in [0.4, 0.5) is 0 Å². The Morgan fingerprint density at radius 1 is 1.32 bits per heavy atom. The summed E-state index contributed by atoms with van der Waals surface area (Å²) < 4.78 is 0. The Kier molecular flexibility index (Phi) is 5.51. The van der Waals surface area contributed by atoms with Crippen molar-refractivity contribution < 1.29 is 4.79 Å². The summed E-state index contributed by atoms with van der Waals surface area (Å²) in [7, 11) is 2.03. The Morgan fingerprint density at radius 2 is 1.89 bits per heavy atom. The van der Waals surface area contributed by atoms with Crippen molar-refractivity contribution in [2.24, 2.45) is 17.4 Å². The van der Waals surface area contributed by atoms with Crippen LogP contribution in [0.3, 0.4) is 0 Å². The van der Waals surface area contributed by atoms with Crippen molar-refractivity contribution in [3.8, 4) is 0 Å². The van der Waals surface area contributed by atoms with Gasteiger partial charge in [-0.3, -0.25) is 4.79 Å². The highest BCUT2D eigenvalue weighted by Gasteiger charge is 2.33. The van der Waals surface area contributed by atoms with Crippen LogP contribution >= 0.6 is 0 Å². The van der Waals surface area contributed by atoms with E-state index in [0.29, 0.717) is 12.3 Å². The normalized spacial score (nSPS) is 14.6. The Hall–Kier alpha value is -1.39. The maximum Gasteiger partial charge on any atom is 0.242 e. The highest BCUT2D eigenvalue weighted by Crippen LogP contribution is 2.22. The van der Waals surface area contributed by atoms with E-state index in [1.807, 2.05) is 37.4 Å². The molecule has 0 saturated carbocycles. The number of primary amides is 1. The number of carbonyl (C=O) groups is 1. The Bertz CT molecular complexity index is 405. The van der Waals surface area contributed by atoms with E-state index in [0.717, 1.165) is 18.7 Å². The summed E-state index contributed by atoms with van der Waals surface area (Å²) in [6.45, 7) is 6.05. The molecule has 4 nitrogen and oxygen atoms in total. The molecule has 19 heavy (non-hydrogen) atoms. The average molecular weight is 263 g/mol. The molecule has 0 fully saturated rings. The number of rotatable bonds is 7. The molecule has 0 heterocycles. The van der Waals surface area contributed by atoms with Crippen molar-refractivity contribution in [3.63, 3.8) is 0 Å². The van der Waals surface area contributed by atoms with Crippen LogP contribution in [0.1, 0.15) is 25.8 Å². The summed E-state index contributed by atoms with van der Waals surface area (Å²) in [4.78, 5) is 13.9. The van der Waals surface area contributed by atoms with E-state index in [9.17, 15) is 4.79 Å². The molecule has 0 bridgehead atoms. The van der Waals surface area contributed by atoms with Crippen molar-refractivity contribution in [1.82, 2.24) is 4.90 Å². The second kappa shape index (κ2) is 6.68. The molecule has 106 valence electrons. The zero-order valence-corrected chi connectivity index (χ0v) is 12.1. The molecule has 4 N–H and O–H groups in total. The molecule has 1 rings (SSSR count). The predicted octanol–water partition coefficient (Wildman–Crippen LogP) is 1.30. The van der Waals surface area contributed by atoms with E-state index in [1.54, 1.807) is 0 Å². The van der Waals surface area contributed by atoms with E-state index in [-0.39, 0.29) is 0 Å². The topological polar surface area (TPSA) is 72.3 Å². The molecule has 0 aliphatic heterocycles. The summed E-state index contributed by atoms with van der Waals surface area (Å²) in [5.41, 5.74) is 11.4. The maximum absolute atomic E-state index is 11.7. The number of benzene rings is 1. The first-order valence-electron chi connectivity index (χ1n) is 6.69. The van der Waals surface area contributed by atoms with Gasteiger partial charge in [-0.05, 0) is 24.9 Å². The summed E-state index contributed by atoms with van der Waals surface area (Å²) in [5.74, 6) is 0.110. The van der Waals surface area contributed by atoms with Gasteiger partial charge in [0.15, 0.2) is 0 Å². The van der Waals surface area contributed by atoms with Gasteiger partial charge in [0.2, 0.25) is 5.91 Å². The van der Waals surface area contributed by atoms with Crippen molar-refractivity contribution >= 4 is 5.91 Å². The minimum atomic E-state index is -1.09. The SMILES string of the molecule is CC(C)CN(C)CCC(N)(C(N)=O)c1ccccc1. The van der Waals surface area contributed by atoms with Crippen LogP contribution in [0, 0.1) is 5.92 Å². The van der Waals surface area contributed by atoms with Crippen LogP contribution in [0.5, 0.6) is 0 Å². The lowest BCUT2D eigenvalue weighted by atomic mass is 9.86. The molecular weight excluding hydrogens is 238 g/mol. The average Bonchev–Trinajstić information content (AvgIpc) is 2.36. The van der Waals surface area contributed by atoms with Crippen LogP contribution in [0.25, 0.3) is 0 Å². The van der Waals surface area contributed by atoms with Crippen LogP contribution in [0.15, 0.2) is 30.3 Å². The van der Waals surface area contributed by atoms with Gasteiger partial charge < -0.3 is 16.4 Å². The summed E-state index contributed by atoms with van der Waals surface area (Å²) in [5, 5.41) is 0. The lowest BCUT2D eigenvalue weighted by Crippen LogP contribution is -2.50. The number of carbonyl (C=O) groups excluding carboxylic acids is 1. The van der Waals surface area contributed by atoms with E-state index < -0.39 is 11.4 Å². The molecule has 0 spiro atoms. The van der Waals surface area contributed by atoms with Crippen LogP contribution in [-0.4, -0.2) is 30.9 Å². The van der Waals surface area contributed by atoms with Crippen molar-refractivity contribution in [2.45, 2.75) is 25.8 Å². The highest BCUT2D eigenvalue weighted by atomic mass is 16.1. The largest absolute Gasteiger partial charge is 0.368 e. The molecule has 0 aliphatic carbocycles. The Balaban J connectivity index is 2.76. The second-order valence-corrected chi connectivity index (χ2v) is 5.61. The fraction of sp³-hybridized carbons (Fsp3) is 0.533. The van der Waals surface area contributed by atoms with Gasteiger partial charge in [0.25, 0.3) is 0 Å². The molecule has 1 amide bonds. The maximum atomic E-state index is 11.7. The predicted molar refractivity (Wildman–Crippen MR) is 78.5 cm³/mol. The van der Waals surface area contributed by atoms with Gasteiger partial charge in [0.05, 0.1) is 0 Å². The van der Waals surface area contributed by atoms with Gasteiger partial charge >= 0.3 is 0 Å². The first kappa shape index (κ1) is 15.7. The molecule has 1 atom stereocenters. The third-order valence-corrected chi connectivity index (χ3v) is 3.29. The molecule has 1 aromatic rings. The summed E-state index contributed by atoms with van der Waals surface area (Å²) in [6, 6.07) is 9.35. The number of hydrogen-bond donors (Lipinski definition) is 2. The smallest absolute Gasteiger partial charge is 0.242 e. The number of nitrogens with two attached hydrogens (primary N) is 2. The zero-order chi connectivity index (χ0) is 14.5. The fourth-order valence-corrected chi connectivity index (χ4v) is 2.23. The van der Waals surface area contributed by atoms with E-state index in [4.69, 9.17) is 11.5 Å². The third-order valence-electron chi connectivity index (χ3n) is 3.29. The zero-order valence-electron chi connectivity index (χ0n) is 12.1. The standard InChI is InChI=1S/C15H25N3O/c1-12(2)11-18(3)10-9-15(17,14(16)19)13-7-5-4-6-8-13/h4-8,12H,9-11,17H2,1-3H3,(H2,16,19). The molecule has 1 unspecified atom stereocenters. The monoisotopic (exact) mass is 263 g/mol. The van der Waals surface area contributed by atoms with Crippen molar-refractivity contribution in [1.29, 1.82) is 0 Å². The third kappa shape index (κ3) is 4.33. The molecule has 0 aliphatic rings. The quantitative estimate of drug-likeness (QED) is 0.779. The Morgan fingerprint density at radius 3 is 2.37 bits per heavy atom. The second-order valence-electron chi connectivity index (χ2n) is 5.61. The van der Waals surface area contributed by atoms with Crippen LogP contribution < -0.4 is 11.5 Å². The van der Waals surface area contributed by atoms with Gasteiger partial charge in [-0.25, -0.2) is 0 Å². The van der Waals surface area contributed by atoms with E-state index >= 15 is 0 Å². The molecule has 0 aromatic heterocycles. The summed E-state index contributed by atoms with van der Waals surface area (Å²) >= 11 is 0. The van der Waals surface area contributed by atoms with Gasteiger partial charge in [-0.2, -0.15) is 0 Å². The summed E-state index contributed by atoms with van der Waals surface area (Å²) in [6.07, 6.45) is 0.523. The van der Waals surface area contributed by atoms with E-state index in [2.05, 4.69) is 18.7 Å². The number of amides is 1. The Labute approximate surface area is 115 Å². The van der Waals surface area contributed by atoms with Gasteiger partial charge in [-0.15, -0.1) is 0 Å². The molecule has 1 aromatic carbocycles. The minimum Gasteiger partial charge on any atom is -0.368 e.